The number of carboxylic acids is 1. The summed E-state index contributed by atoms with van der Waals surface area (Å²) < 4.78 is 0. The van der Waals surface area contributed by atoms with Crippen molar-refractivity contribution in [1.82, 2.24) is 0 Å². The standard InChI is InChI=1S/C20H30O2/c1-5-18(2)11-6-8-15-14(18)9-10-16-19(15,3)12-7-13-20(16,4)17(21)22/h5,8,14,16H,1,6-7,9-13H2,2-4H3,(H,21,22). The maximum atomic E-state index is 12.0. The van der Waals surface area contributed by atoms with Crippen LogP contribution in [0.2, 0.25) is 0 Å². The molecule has 0 spiro atoms. The van der Waals surface area contributed by atoms with Crippen molar-refractivity contribution in [2.24, 2.45) is 28.1 Å². The number of fused-ring (bicyclic) bond motifs is 3. The van der Waals surface area contributed by atoms with Gasteiger partial charge in [0.15, 0.2) is 0 Å². The zero-order valence-electron chi connectivity index (χ0n) is 14.3. The van der Waals surface area contributed by atoms with Crippen LogP contribution in [0.5, 0.6) is 0 Å². The summed E-state index contributed by atoms with van der Waals surface area (Å²) >= 11 is 0. The number of aliphatic carboxylic acids is 1. The van der Waals surface area contributed by atoms with E-state index in [-0.39, 0.29) is 16.7 Å². The third-order valence-electron chi connectivity index (χ3n) is 7.51. The van der Waals surface area contributed by atoms with Gasteiger partial charge in [-0.05, 0) is 68.1 Å². The Morgan fingerprint density at radius 3 is 2.64 bits per heavy atom. The molecule has 3 aliphatic carbocycles. The fraction of sp³-hybridized carbons (Fsp3) is 0.750. The van der Waals surface area contributed by atoms with Gasteiger partial charge in [0.1, 0.15) is 0 Å². The zero-order chi connectivity index (χ0) is 16.2. The van der Waals surface area contributed by atoms with E-state index < -0.39 is 11.4 Å². The van der Waals surface area contributed by atoms with Crippen molar-refractivity contribution in [3.63, 3.8) is 0 Å². The number of carbonyl (C=O) groups is 1. The van der Waals surface area contributed by atoms with Crippen LogP contribution in [0.1, 0.15) is 65.7 Å². The van der Waals surface area contributed by atoms with Gasteiger partial charge in [0.25, 0.3) is 0 Å². The summed E-state index contributed by atoms with van der Waals surface area (Å²) in [7, 11) is 0. The van der Waals surface area contributed by atoms with Gasteiger partial charge < -0.3 is 5.11 Å². The molecule has 2 fully saturated rings. The Morgan fingerprint density at radius 1 is 1.27 bits per heavy atom. The van der Waals surface area contributed by atoms with E-state index in [0.717, 1.165) is 38.5 Å². The maximum absolute atomic E-state index is 12.0. The van der Waals surface area contributed by atoms with Gasteiger partial charge in [-0.25, -0.2) is 0 Å². The van der Waals surface area contributed by atoms with Crippen LogP contribution in [-0.2, 0) is 4.79 Å². The normalized spacial score (nSPS) is 47.9. The van der Waals surface area contributed by atoms with Gasteiger partial charge >= 0.3 is 5.97 Å². The summed E-state index contributed by atoms with van der Waals surface area (Å²) in [6.45, 7) is 10.8. The average Bonchev–Trinajstić information content (AvgIpc) is 2.47. The molecule has 1 N–H and O–H groups in total. The third-order valence-corrected chi connectivity index (χ3v) is 7.51. The zero-order valence-corrected chi connectivity index (χ0v) is 14.3. The number of rotatable bonds is 2. The minimum Gasteiger partial charge on any atom is -0.481 e. The highest BCUT2D eigenvalue weighted by atomic mass is 16.4. The van der Waals surface area contributed by atoms with Crippen molar-refractivity contribution >= 4 is 5.97 Å². The first kappa shape index (κ1) is 15.8. The van der Waals surface area contributed by atoms with Crippen LogP contribution >= 0.6 is 0 Å². The lowest BCUT2D eigenvalue weighted by Gasteiger charge is -2.59. The topological polar surface area (TPSA) is 37.3 Å². The van der Waals surface area contributed by atoms with Crippen molar-refractivity contribution in [1.29, 1.82) is 0 Å². The maximum Gasteiger partial charge on any atom is 0.309 e. The first-order valence-corrected chi connectivity index (χ1v) is 8.85. The van der Waals surface area contributed by atoms with Gasteiger partial charge in [-0.2, -0.15) is 0 Å². The fourth-order valence-corrected chi connectivity index (χ4v) is 6.02. The second kappa shape index (κ2) is 4.97. The second-order valence-corrected chi connectivity index (χ2v) is 8.58. The molecular weight excluding hydrogens is 272 g/mol. The van der Waals surface area contributed by atoms with E-state index in [9.17, 15) is 9.90 Å². The largest absolute Gasteiger partial charge is 0.481 e. The molecule has 122 valence electrons. The summed E-state index contributed by atoms with van der Waals surface area (Å²) in [6, 6.07) is 0. The minimum atomic E-state index is -0.593. The number of carboxylic acid groups (broad SMARTS) is 1. The van der Waals surface area contributed by atoms with E-state index in [1.54, 1.807) is 5.57 Å². The highest BCUT2D eigenvalue weighted by Gasteiger charge is 2.58. The van der Waals surface area contributed by atoms with E-state index in [2.05, 4.69) is 32.6 Å². The lowest BCUT2D eigenvalue weighted by Crippen LogP contribution is -2.54. The number of allylic oxidation sites excluding steroid dienone is 3. The van der Waals surface area contributed by atoms with E-state index >= 15 is 0 Å². The molecule has 3 aliphatic rings. The third kappa shape index (κ3) is 1.95. The Balaban J connectivity index is 2.04. The minimum absolute atomic E-state index is 0.0684. The molecular formula is C20H30O2. The van der Waals surface area contributed by atoms with Crippen LogP contribution in [0.15, 0.2) is 24.3 Å². The van der Waals surface area contributed by atoms with Gasteiger partial charge in [0.2, 0.25) is 0 Å². The monoisotopic (exact) mass is 302 g/mol. The summed E-state index contributed by atoms with van der Waals surface area (Å²) in [5.74, 6) is 0.252. The summed E-state index contributed by atoms with van der Waals surface area (Å²) in [4.78, 5) is 12.0. The molecule has 0 saturated heterocycles. The lowest BCUT2D eigenvalue weighted by atomic mass is 9.44. The molecule has 0 radical (unpaired) electrons. The van der Waals surface area contributed by atoms with E-state index in [1.807, 2.05) is 6.92 Å². The van der Waals surface area contributed by atoms with Crippen molar-refractivity contribution < 1.29 is 9.90 Å². The molecule has 2 saturated carbocycles. The van der Waals surface area contributed by atoms with Gasteiger partial charge in [0, 0.05) is 0 Å². The molecule has 2 heteroatoms. The molecule has 0 aromatic carbocycles. The smallest absolute Gasteiger partial charge is 0.309 e. The average molecular weight is 302 g/mol. The second-order valence-electron chi connectivity index (χ2n) is 8.58. The quantitative estimate of drug-likeness (QED) is 0.711. The number of hydrogen-bond acceptors (Lipinski definition) is 1. The molecule has 5 atom stereocenters. The molecule has 2 nitrogen and oxygen atoms in total. The van der Waals surface area contributed by atoms with E-state index in [1.165, 1.54) is 6.42 Å². The molecule has 0 aromatic heterocycles. The van der Waals surface area contributed by atoms with Crippen molar-refractivity contribution in [3.05, 3.63) is 24.3 Å². The predicted molar refractivity (Wildman–Crippen MR) is 89.5 cm³/mol. The first-order valence-electron chi connectivity index (χ1n) is 8.85. The van der Waals surface area contributed by atoms with Gasteiger partial charge in [-0.15, -0.1) is 6.58 Å². The Labute approximate surface area is 134 Å². The molecule has 0 bridgehead atoms. The van der Waals surface area contributed by atoms with Crippen LogP contribution in [0.25, 0.3) is 0 Å². The van der Waals surface area contributed by atoms with E-state index in [0.29, 0.717) is 5.92 Å². The molecule has 0 amide bonds. The van der Waals surface area contributed by atoms with Gasteiger partial charge in [-0.3, -0.25) is 4.79 Å². The molecule has 3 rings (SSSR count). The Bertz CT molecular complexity index is 534. The summed E-state index contributed by atoms with van der Waals surface area (Å²) in [6.07, 6.45) is 12.1. The SMILES string of the molecule is C=CC1(C)CCC=C2C1CCC1C(C)(C(=O)O)CCCC21C. The Hall–Kier alpha value is -1.05. The van der Waals surface area contributed by atoms with Crippen LogP contribution in [0.4, 0.5) is 0 Å². The predicted octanol–water partition coefficient (Wildman–Crippen LogP) is 5.21. The highest BCUT2D eigenvalue weighted by Crippen LogP contribution is 2.65. The fourth-order valence-electron chi connectivity index (χ4n) is 6.02. The van der Waals surface area contributed by atoms with Crippen LogP contribution in [-0.4, -0.2) is 11.1 Å². The van der Waals surface area contributed by atoms with Crippen molar-refractivity contribution in [2.75, 3.05) is 0 Å². The highest BCUT2D eigenvalue weighted by molar-refractivity contribution is 5.75. The molecule has 0 aromatic rings. The lowest BCUT2D eigenvalue weighted by molar-refractivity contribution is -0.160. The molecule has 0 aliphatic heterocycles. The van der Waals surface area contributed by atoms with E-state index in [4.69, 9.17) is 0 Å². The first-order chi connectivity index (χ1) is 10.3. The van der Waals surface area contributed by atoms with Gasteiger partial charge in [0.05, 0.1) is 5.41 Å². The number of hydrogen-bond donors (Lipinski definition) is 1. The Morgan fingerprint density at radius 2 is 2.00 bits per heavy atom. The summed E-state index contributed by atoms with van der Waals surface area (Å²) in [5, 5.41) is 9.86. The van der Waals surface area contributed by atoms with Crippen molar-refractivity contribution in [3.8, 4) is 0 Å². The van der Waals surface area contributed by atoms with Crippen LogP contribution < -0.4 is 0 Å². The molecule has 0 heterocycles. The molecule has 5 unspecified atom stereocenters. The van der Waals surface area contributed by atoms with Crippen molar-refractivity contribution in [2.45, 2.75) is 65.7 Å². The summed E-state index contributed by atoms with van der Waals surface area (Å²) in [5.41, 5.74) is 1.26. The Kier molecular flexibility index (Phi) is 3.58. The van der Waals surface area contributed by atoms with Crippen LogP contribution in [0, 0.1) is 28.1 Å². The van der Waals surface area contributed by atoms with Crippen LogP contribution in [0.3, 0.4) is 0 Å². The van der Waals surface area contributed by atoms with Gasteiger partial charge in [-0.1, -0.05) is 38.0 Å². The molecule has 22 heavy (non-hydrogen) atoms.